The largest absolute Gasteiger partial charge is 0.481 e. The van der Waals surface area contributed by atoms with E-state index in [4.69, 9.17) is 4.74 Å². The molecule has 0 saturated carbocycles. The second kappa shape index (κ2) is 7.86. The van der Waals surface area contributed by atoms with Crippen LogP contribution in [0.4, 0.5) is 0 Å². The molecule has 138 valence electrons. The van der Waals surface area contributed by atoms with Crippen LogP contribution in [-0.4, -0.2) is 49.7 Å². The van der Waals surface area contributed by atoms with E-state index in [0.717, 1.165) is 5.56 Å². The van der Waals surface area contributed by atoms with Crippen molar-refractivity contribution < 1.29 is 17.9 Å². The molecule has 1 aromatic heterocycles. The molecule has 2 heterocycles. The van der Waals surface area contributed by atoms with Crippen molar-refractivity contribution in [3.63, 3.8) is 0 Å². The first-order valence-corrected chi connectivity index (χ1v) is 10.3. The summed E-state index contributed by atoms with van der Waals surface area (Å²) in [4.78, 5) is 18.3. The molecule has 0 bridgehead atoms. The van der Waals surface area contributed by atoms with Crippen LogP contribution < -0.4 is 4.74 Å². The summed E-state index contributed by atoms with van der Waals surface area (Å²) < 4.78 is 30.3. The number of carbonyl (C=O) groups excluding carboxylic acids is 1. The highest BCUT2D eigenvalue weighted by Gasteiger charge is 2.31. The van der Waals surface area contributed by atoms with Gasteiger partial charge in [0.25, 0.3) is 5.91 Å². The Morgan fingerprint density at radius 2 is 1.85 bits per heavy atom. The molecular weight excluding hydrogens is 352 g/mol. The van der Waals surface area contributed by atoms with Crippen molar-refractivity contribution >= 4 is 15.7 Å². The monoisotopic (exact) mass is 374 g/mol. The molecule has 1 fully saturated rings. The van der Waals surface area contributed by atoms with Crippen LogP contribution in [0.1, 0.15) is 28.8 Å². The molecule has 6 nitrogen and oxygen atoms in total. The summed E-state index contributed by atoms with van der Waals surface area (Å²) in [5.74, 6) is 0.376. The van der Waals surface area contributed by atoms with E-state index in [1.807, 2.05) is 30.3 Å². The third kappa shape index (κ3) is 4.22. The van der Waals surface area contributed by atoms with Crippen molar-refractivity contribution in [1.82, 2.24) is 9.88 Å². The van der Waals surface area contributed by atoms with E-state index in [2.05, 4.69) is 4.98 Å². The van der Waals surface area contributed by atoms with Crippen molar-refractivity contribution in [2.24, 2.45) is 0 Å². The van der Waals surface area contributed by atoms with Crippen molar-refractivity contribution in [2.45, 2.75) is 23.8 Å². The van der Waals surface area contributed by atoms with Crippen LogP contribution in [0.15, 0.2) is 48.7 Å². The Morgan fingerprint density at radius 3 is 2.42 bits per heavy atom. The molecule has 1 aliphatic rings. The predicted molar refractivity (Wildman–Crippen MR) is 98.8 cm³/mol. The van der Waals surface area contributed by atoms with Gasteiger partial charge < -0.3 is 9.64 Å². The average molecular weight is 374 g/mol. The number of ether oxygens (including phenoxy) is 1. The highest BCUT2D eigenvalue weighted by Crippen LogP contribution is 2.23. The van der Waals surface area contributed by atoms with Gasteiger partial charge in [-0.25, -0.2) is 13.4 Å². The van der Waals surface area contributed by atoms with Crippen molar-refractivity contribution in [2.75, 3.05) is 20.2 Å². The zero-order valence-electron chi connectivity index (χ0n) is 14.7. The van der Waals surface area contributed by atoms with Crippen LogP contribution in [-0.2, 0) is 15.6 Å². The number of carbonyl (C=O) groups is 1. The first-order chi connectivity index (χ1) is 12.5. The molecule has 1 amide bonds. The van der Waals surface area contributed by atoms with Gasteiger partial charge in [-0.15, -0.1) is 0 Å². The van der Waals surface area contributed by atoms with Crippen LogP contribution in [0, 0.1) is 0 Å². The summed E-state index contributed by atoms with van der Waals surface area (Å²) in [6, 6.07) is 12.5. The summed E-state index contributed by atoms with van der Waals surface area (Å²) in [6.07, 6.45) is 2.41. The minimum atomic E-state index is -3.23. The van der Waals surface area contributed by atoms with Gasteiger partial charge in [0.15, 0.2) is 9.84 Å². The Hall–Kier alpha value is -2.41. The third-order valence-electron chi connectivity index (χ3n) is 4.64. The zero-order valence-corrected chi connectivity index (χ0v) is 15.5. The standard InChI is InChI=1S/C19H22N2O4S/c1-25-18-8-7-16(13-20-18)19(22)21-11-9-17(10-12-21)26(23,24)14-15-5-3-2-4-6-15/h2-8,13,17H,9-12,14H2,1H3. The lowest BCUT2D eigenvalue weighted by molar-refractivity contribution is 0.0725. The number of hydrogen-bond donors (Lipinski definition) is 0. The SMILES string of the molecule is COc1ccc(C(=O)N2CCC(S(=O)(=O)Cc3ccccc3)CC2)cn1. The van der Waals surface area contributed by atoms with Gasteiger partial charge in [0.2, 0.25) is 5.88 Å². The molecule has 2 aromatic rings. The molecule has 26 heavy (non-hydrogen) atoms. The lowest BCUT2D eigenvalue weighted by Crippen LogP contribution is -2.42. The van der Waals surface area contributed by atoms with Gasteiger partial charge in [0, 0.05) is 25.4 Å². The molecule has 0 spiro atoms. The minimum absolute atomic E-state index is 0.0504. The quantitative estimate of drug-likeness (QED) is 0.803. The van der Waals surface area contributed by atoms with E-state index >= 15 is 0 Å². The summed E-state index contributed by atoms with van der Waals surface area (Å²) in [7, 11) is -1.71. The lowest BCUT2D eigenvalue weighted by Gasteiger charge is -2.31. The first-order valence-electron chi connectivity index (χ1n) is 8.54. The van der Waals surface area contributed by atoms with Crippen LogP contribution in [0.25, 0.3) is 0 Å². The second-order valence-corrected chi connectivity index (χ2v) is 8.65. The summed E-state index contributed by atoms with van der Waals surface area (Å²) in [5.41, 5.74) is 1.28. The second-order valence-electron chi connectivity index (χ2n) is 6.37. The molecular formula is C19H22N2O4S. The number of amides is 1. The van der Waals surface area contributed by atoms with Gasteiger partial charge in [-0.05, 0) is 24.5 Å². The fraction of sp³-hybridized carbons (Fsp3) is 0.368. The molecule has 0 N–H and O–H groups in total. The topological polar surface area (TPSA) is 76.6 Å². The van der Waals surface area contributed by atoms with Crippen molar-refractivity contribution in [3.8, 4) is 5.88 Å². The maximum atomic E-state index is 12.6. The molecule has 3 rings (SSSR count). The number of benzene rings is 1. The molecule has 0 unspecified atom stereocenters. The van der Waals surface area contributed by atoms with E-state index in [-0.39, 0.29) is 11.7 Å². The van der Waals surface area contributed by atoms with E-state index in [1.165, 1.54) is 13.3 Å². The molecule has 0 aliphatic carbocycles. The Balaban J connectivity index is 1.60. The Labute approximate surface area is 153 Å². The molecule has 1 saturated heterocycles. The van der Waals surface area contributed by atoms with Crippen molar-refractivity contribution in [1.29, 1.82) is 0 Å². The van der Waals surface area contributed by atoms with Crippen LogP contribution in [0.3, 0.4) is 0 Å². The number of likely N-dealkylation sites (tertiary alicyclic amines) is 1. The lowest BCUT2D eigenvalue weighted by atomic mass is 10.1. The Morgan fingerprint density at radius 1 is 1.15 bits per heavy atom. The fourth-order valence-corrected chi connectivity index (χ4v) is 4.97. The highest BCUT2D eigenvalue weighted by atomic mass is 32.2. The van der Waals surface area contributed by atoms with Gasteiger partial charge in [-0.2, -0.15) is 0 Å². The number of nitrogens with zero attached hydrogens (tertiary/aromatic N) is 2. The van der Waals surface area contributed by atoms with E-state index in [9.17, 15) is 13.2 Å². The van der Waals surface area contributed by atoms with E-state index in [1.54, 1.807) is 17.0 Å². The van der Waals surface area contributed by atoms with Gasteiger partial charge in [-0.3, -0.25) is 4.79 Å². The first kappa shape index (κ1) is 18.4. The van der Waals surface area contributed by atoms with Crippen molar-refractivity contribution in [3.05, 3.63) is 59.8 Å². The summed E-state index contributed by atoms with van der Waals surface area (Å²) >= 11 is 0. The molecule has 7 heteroatoms. The minimum Gasteiger partial charge on any atom is -0.481 e. The van der Waals surface area contributed by atoms with Crippen LogP contribution in [0.5, 0.6) is 5.88 Å². The van der Waals surface area contributed by atoms with Crippen LogP contribution >= 0.6 is 0 Å². The highest BCUT2D eigenvalue weighted by molar-refractivity contribution is 7.91. The zero-order chi connectivity index (χ0) is 18.6. The molecule has 1 aliphatic heterocycles. The Bertz CT molecular complexity index is 843. The number of rotatable bonds is 5. The summed E-state index contributed by atoms with van der Waals surface area (Å²) in [6.45, 7) is 0.868. The number of aromatic nitrogens is 1. The number of hydrogen-bond acceptors (Lipinski definition) is 5. The maximum Gasteiger partial charge on any atom is 0.255 e. The molecule has 0 atom stereocenters. The van der Waals surface area contributed by atoms with Gasteiger partial charge in [-0.1, -0.05) is 30.3 Å². The van der Waals surface area contributed by atoms with Gasteiger partial charge >= 0.3 is 0 Å². The number of pyridine rings is 1. The number of methoxy groups -OCH3 is 1. The van der Waals surface area contributed by atoms with E-state index in [0.29, 0.717) is 37.4 Å². The fourth-order valence-electron chi connectivity index (χ4n) is 3.15. The smallest absolute Gasteiger partial charge is 0.255 e. The summed E-state index contributed by atoms with van der Waals surface area (Å²) in [5, 5.41) is -0.402. The van der Waals surface area contributed by atoms with Gasteiger partial charge in [0.1, 0.15) is 0 Å². The maximum absolute atomic E-state index is 12.6. The number of piperidine rings is 1. The molecule has 0 radical (unpaired) electrons. The Kier molecular flexibility index (Phi) is 5.56. The van der Waals surface area contributed by atoms with Crippen LogP contribution in [0.2, 0.25) is 0 Å². The van der Waals surface area contributed by atoms with E-state index < -0.39 is 15.1 Å². The normalized spacial score (nSPS) is 15.7. The number of sulfone groups is 1. The van der Waals surface area contributed by atoms with Gasteiger partial charge in [0.05, 0.1) is 23.7 Å². The molecule has 1 aromatic carbocycles. The average Bonchev–Trinajstić information content (AvgIpc) is 2.68. The predicted octanol–water partition coefficient (Wildman–Crippen LogP) is 2.31. The third-order valence-corrected chi connectivity index (χ3v) is 6.86.